The van der Waals surface area contributed by atoms with Gasteiger partial charge in [0.05, 0.1) is 11.3 Å². The third-order valence-electron chi connectivity index (χ3n) is 2.52. The number of thiol groups is 1. The van der Waals surface area contributed by atoms with Crippen LogP contribution in [0.4, 0.5) is 16.2 Å². The van der Waals surface area contributed by atoms with E-state index in [2.05, 4.69) is 23.3 Å². The molecular weight excluding hydrogens is 276 g/mol. The number of nitrogens with one attached hydrogen (secondary N) is 2. The zero-order valence-corrected chi connectivity index (χ0v) is 11.2. The molecular formula is C14H12N2O3S. The molecule has 0 saturated carbocycles. The Labute approximate surface area is 121 Å². The van der Waals surface area contributed by atoms with E-state index >= 15 is 0 Å². The molecule has 0 radical (unpaired) electrons. The van der Waals surface area contributed by atoms with Crippen molar-refractivity contribution in [2.75, 3.05) is 10.6 Å². The molecule has 6 heteroatoms. The number of carboxylic acids is 1. The van der Waals surface area contributed by atoms with Crippen LogP contribution in [0.25, 0.3) is 0 Å². The summed E-state index contributed by atoms with van der Waals surface area (Å²) in [5, 5.41) is 14.1. The van der Waals surface area contributed by atoms with Crippen molar-refractivity contribution in [3.05, 3.63) is 54.1 Å². The molecule has 102 valence electrons. The van der Waals surface area contributed by atoms with E-state index in [1.807, 2.05) is 6.07 Å². The second-order valence-corrected chi connectivity index (χ2v) is 4.46. The molecule has 0 spiro atoms. The lowest BCUT2D eigenvalue weighted by molar-refractivity contribution is 0.0697. The molecule has 0 aliphatic heterocycles. The van der Waals surface area contributed by atoms with Gasteiger partial charge in [0, 0.05) is 10.6 Å². The van der Waals surface area contributed by atoms with Gasteiger partial charge in [-0.25, -0.2) is 9.59 Å². The summed E-state index contributed by atoms with van der Waals surface area (Å²) >= 11 is 4.22. The molecule has 0 saturated heterocycles. The molecule has 0 heterocycles. The number of benzene rings is 2. The second-order valence-electron chi connectivity index (χ2n) is 3.98. The number of carboxylic acid groups (broad SMARTS) is 1. The molecule has 0 aliphatic rings. The van der Waals surface area contributed by atoms with Crippen LogP contribution < -0.4 is 10.6 Å². The summed E-state index contributed by atoms with van der Waals surface area (Å²) in [7, 11) is 0. The molecule has 2 aromatic carbocycles. The fourth-order valence-electron chi connectivity index (χ4n) is 1.59. The van der Waals surface area contributed by atoms with E-state index in [0.717, 1.165) is 0 Å². The van der Waals surface area contributed by atoms with E-state index in [4.69, 9.17) is 5.11 Å². The Morgan fingerprint density at radius 3 is 2.45 bits per heavy atom. The lowest BCUT2D eigenvalue weighted by atomic mass is 10.2. The van der Waals surface area contributed by atoms with Crippen molar-refractivity contribution < 1.29 is 14.7 Å². The number of carbonyl (C=O) groups is 2. The van der Waals surface area contributed by atoms with Crippen LogP contribution in [0, 0.1) is 0 Å². The van der Waals surface area contributed by atoms with Gasteiger partial charge in [-0.3, -0.25) is 0 Å². The van der Waals surface area contributed by atoms with Gasteiger partial charge in [-0.2, -0.15) is 0 Å². The van der Waals surface area contributed by atoms with E-state index in [0.29, 0.717) is 16.3 Å². The average molecular weight is 288 g/mol. The highest BCUT2D eigenvalue weighted by atomic mass is 32.1. The summed E-state index contributed by atoms with van der Waals surface area (Å²) in [4.78, 5) is 23.3. The molecule has 20 heavy (non-hydrogen) atoms. The van der Waals surface area contributed by atoms with Gasteiger partial charge in [0.15, 0.2) is 0 Å². The van der Waals surface area contributed by atoms with Crippen molar-refractivity contribution in [2.45, 2.75) is 4.90 Å². The van der Waals surface area contributed by atoms with Crippen molar-refractivity contribution in [3.8, 4) is 0 Å². The zero-order valence-electron chi connectivity index (χ0n) is 10.3. The van der Waals surface area contributed by atoms with Crippen LogP contribution in [0.2, 0.25) is 0 Å². The Morgan fingerprint density at radius 1 is 1.00 bits per heavy atom. The first-order valence-electron chi connectivity index (χ1n) is 5.75. The first-order valence-corrected chi connectivity index (χ1v) is 6.20. The highest BCUT2D eigenvalue weighted by Crippen LogP contribution is 2.19. The van der Waals surface area contributed by atoms with Crippen molar-refractivity contribution in [1.82, 2.24) is 0 Å². The number of carbonyl (C=O) groups excluding carboxylic acids is 1. The third kappa shape index (κ3) is 3.52. The first-order chi connectivity index (χ1) is 9.56. The summed E-state index contributed by atoms with van der Waals surface area (Å²) in [6, 6.07) is 12.6. The van der Waals surface area contributed by atoms with Crippen LogP contribution in [0.3, 0.4) is 0 Å². The minimum absolute atomic E-state index is 0.109. The highest BCUT2D eigenvalue weighted by molar-refractivity contribution is 7.80. The summed E-state index contributed by atoms with van der Waals surface area (Å²) in [6.07, 6.45) is 0. The Morgan fingerprint density at radius 2 is 1.75 bits per heavy atom. The number of anilines is 2. The summed E-state index contributed by atoms with van der Waals surface area (Å²) in [6.45, 7) is 0. The van der Waals surface area contributed by atoms with E-state index in [1.165, 1.54) is 12.1 Å². The average Bonchev–Trinajstić information content (AvgIpc) is 2.41. The minimum atomic E-state index is -1.05. The third-order valence-corrected chi connectivity index (χ3v) is 2.91. The molecule has 0 aliphatic carbocycles. The minimum Gasteiger partial charge on any atom is -0.478 e. The largest absolute Gasteiger partial charge is 0.478 e. The monoisotopic (exact) mass is 288 g/mol. The maximum atomic E-state index is 11.8. The van der Waals surface area contributed by atoms with Crippen molar-refractivity contribution in [3.63, 3.8) is 0 Å². The lowest BCUT2D eigenvalue weighted by Crippen LogP contribution is -2.19. The van der Waals surface area contributed by atoms with Gasteiger partial charge >= 0.3 is 12.0 Å². The number of aromatic carboxylic acids is 1. The molecule has 2 amide bonds. The van der Waals surface area contributed by atoms with Crippen molar-refractivity contribution >= 4 is 36.0 Å². The van der Waals surface area contributed by atoms with Gasteiger partial charge < -0.3 is 15.7 Å². The number of hydrogen-bond donors (Lipinski definition) is 4. The Balaban J connectivity index is 2.07. The predicted molar refractivity (Wildman–Crippen MR) is 79.7 cm³/mol. The molecule has 5 nitrogen and oxygen atoms in total. The molecule has 0 unspecified atom stereocenters. The van der Waals surface area contributed by atoms with Crippen LogP contribution in [0.1, 0.15) is 10.4 Å². The van der Waals surface area contributed by atoms with Crippen LogP contribution in [-0.4, -0.2) is 17.1 Å². The molecule has 3 N–H and O–H groups in total. The van der Waals surface area contributed by atoms with Crippen LogP contribution in [0.5, 0.6) is 0 Å². The maximum Gasteiger partial charge on any atom is 0.335 e. The van der Waals surface area contributed by atoms with Crippen LogP contribution in [0.15, 0.2) is 53.4 Å². The molecule has 0 aromatic heterocycles. The van der Waals surface area contributed by atoms with Gasteiger partial charge in [0.2, 0.25) is 0 Å². The van der Waals surface area contributed by atoms with E-state index in [9.17, 15) is 9.59 Å². The topological polar surface area (TPSA) is 78.4 Å². The lowest BCUT2D eigenvalue weighted by Gasteiger charge is -2.09. The van der Waals surface area contributed by atoms with Gasteiger partial charge in [0.25, 0.3) is 0 Å². The quantitative estimate of drug-likeness (QED) is 0.654. The Kier molecular flexibility index (Phi) is 4.27. The van der Waals surface area contributed by atoms with Crippen molar-refractivity contribution in [1.29, 1.82) is 0 Å². The number of urea groups is 1. The predicted octanol–water partition coefficient (Wildman–Crippen LogP) is 3.32. The maximum absolute atomic E-state index is 11.8. The summed E-state index contributed by atoms with van der Waals surface area (Å²) in [5.74, 6) is -1.05. The van der Waals surface area contributed by atoms with Gasteiger partial charge in [-0.1, -0.05) is 18.2 Å². The fraction of sp³-hybridized carbons (Fsp3) is 0. The Bertz CT molecular complexity index is 658. The molecule has 0 bridgehead atoms. The summed E-state index contributed by atoms with van der Waals surface area (Å²) in [5.41, 5.74) is 1.08. The smallest absolute Gasteiger partial charge is 0.335 e. The molecule has 2 rings (SSSR count). The number of para-hydroxylation sites is 1. The molecule has 2 aromatic rings. The van der Waals surface area contributed by atoms with Gasteiger partial charge in [-0.15, -0.1) is 12.6 Å². The van der Waals surface area contributed by atoms with Crippen molar-refractivity contribution in [2.24, 2.45) is 0 Å². The molecule has 0 atom stereocenters. The molecule has 0 fully saturated rings. The standard InChI is InChI=1S/C14H12N2O3S/c17-13(18)9-4-3-5-10(8-9)15-14(19)16-11-6-1-2-7-12(11)20/h1-8,20H,(H,17,18)(H2,15,16,19). The SMILES string of the molecule is O=C(Nc1cccc(C(=O)O)c1)Nc1ccccc1S. The van der Waals surface area contributed by atoms with E-state index in [1.54, 1.807) is 30.3 Å². The highest BCUT2D eigenvalue weighted by Gasteiger charge is 2.07. The van der Waals surface area contributed by atoms with E-state index in [-0.39, 0.29) is 5.56 Å². The zero-order chi connectivity index (χ0) is 14.5. The van der Waals surface area contributed by atoms with Gasteiger partial charge in [-0.05, 0) is 30.3 Å². The van der Waals surface area contributed by atoms with Crippen LogP contribution >= 0.6 is 12.6 Å². The second kappa shape index (κ2) is 6.12. The number of hydrogen-bond acceptors (Lipinski definition) is 3. The number of amides is 2. The number of rotatable bonds is 3. The van der Waals surface area contributed by atoms with E-state index < -0.39 is 12.0 Å². The Hall–Kier alpha value is -2.47. The van der Waals surface area contributed by atoms with Gasteiger partial charge in [0.1, 0.15) is 0 Å². The fourth-order valence-corrected chi connectivity index (χ4v) is 1.81. The summed E-state index contributed by atoms with van der Waals surface area (Å²) < 4.78 is 0. The van der Waals surface area contributed by atoms with Crippen LogP contribution in [-0.2, 0) is 0 Å². The first kappa shape index (κ1) is 14.0. The normalized spacial score (nSPS) is 9.85.